The van der Waals surface area contributed by atoms with Crippen molar-refractivity contribution in [2.45, 2.75) is 31.1 Å². The zero-order chi connectivity index (χ0) is 15.5. The van der Waals surface area contributed by atoms with E-state index in [0.29, 0.717) is 25.3 Å². The zero-order valence-corrected chi connectivity index (χ0v) is 12.7. The first-order valence-corrected chi connectivity index (χ1v) is 8.43. The lowest BCUT2D eigenvalue weighted by Gasteiger charge is -2.16. The van der Waals surface area contributed by atoms with Crippen LogP contribution in [-0.2, 0) is 10.0 Å². The van der Waals surface area contributed by atoms with Gasteiger partial charge in [0.15, 0.2) is 0 Å². The van der Waals surface area contributed by atoms with Gasteiger partial charge in [-0.3, -0.25) is 10.1 Å². The van der Waals surface area contributed by atoms with Gasteiger partial charge in [-0.15, -0.1) is 0 Å². The van der Waals surface area contributed by atoms with E-state index in [2.05, 4.69) is 5.32 Å². The fraction of sp³-hybridized carbons (Fsp3) is 0.538. The third-order valence-corrected chi connectivity index (χ3v) is 5.33. The Morgan fingerprint density at radius 1 is 1.33 bits per heavy atom. The van der Waals surface area contributed by atoms with E-state index in [1.165, 1.54) is 16.4 Å². The lowest BCUT2D eigenvalue weighted by atomic mass is 10.2. The van der Waals surface area contributed by atoms with Crippen molar-refractivity contribution in [1.82, 2.24) is 4.31 Å². The summed E-state index contributed by atoms with van der Waals surface area (Å²) in [4.78, 5) is 10.6. The van der Waals surface area contributed by atoms with Crippen LogP contribution in [0.25, 0.3) is 0 Å². The van der Waals surface area contributed by atoms with Crippen molar-refractivity contribution in [2.24, 2.45) is 0 Å². The molecule has 0 amide bonds. The Balaban J connectivity index is 2.37. The number of hydrogen-bond acceptors (Lipinski definition) is 5. The van der Waals surface area contributed by atoms with Crippen LogP contribution in [0.1, 0.15) is 26.2 Å². The third-order valence-electron chi connectivity index (χ3n) is 3.43. The summed E-state index contributed by atoms with van der Waals surface area (Å²) in [6.45, 7) is 3.50. The number of nitro groups is 1. The van der Waals surface area contributed by atoms with Gasteiger partial charge in [0, 0.05) is 25.7 Å². The van der Waals surface area contributed by atoms with Crippen molar-refractivity contribution >= 4 is 21.4 Å². The summed E-state index contributed by atoms with van der Waals surface area (Å²) in [6.07, 6.45) is 2.49. The highest BCUT2D eigenvalue weighted by molar-refractivity contribution is 7.89. The molecule has 0 atom stereocenters. The number of anilines is 1. The minimum Gasteiger partial charge on any atom is -0.380 e. The van der Waals surface area contributed by atoms with Gasteiger partial charge in [0.25, 0.3) is 5.69 Å². The summed E-state index contributed by atoms with van der Waals surface area (Å²) in [7, 11) is -3.63. The van der Waals surface area contributed by atoms with Gasteiger partial charge in [0.05, 0.1) is 9.82 Å². The number of benzene rings is 1. The summed E-state index contributed by atoms with van der Waals surface area (Å²) in [5, 5.41) is 14.1. The van der Waals surface area contributed by atoms with Crippen LogP contribution in [0.2, 0.25) is 0 Å². The van der Waals surface area contributed by atoms with Crippen molar-refractivity contribution in [3.63, 3.8) is 0 Å². The summed E-state index contributed by atoms with van der Waals surface area (Å²) >= 11 is 0. The molecule has 0 spiro atoms. The number of rotatable bonds is 6. The Morgan fingerprint density at radius 3 is 2.57 bits per heavy atom. The topological polar surface area (TPSA) is 92.6 Å². The van der Waals surface area contributed by atoms with Crippen LogP contribution < -0.4 is 5.32 Å². The molecule has 116 valence electrons. The molecule has 1 aliphatic heterocycles. The average molecular weight is 313 g/mol. The average Bonchev–Trinajstić information content (AvgIpc) is 2.99. The molecule has 0 bridgehead atoms. The van der Waals surface area contributed by atoms with Gasteiger partial charge < -0.3 is 5.32 Å². The molecule has 7 nitrogen and oxygen atoms in total. The number of sulfonamides is 1. The molecule has 21 heavy (non-hydrogen) atoms. The molecule has 1 aromatic carbocycles. The fourth-order valence-corrected chi connectivity index (χ4v) is 3.85. The van der Waals surface area contributed by atoms with E-state index >= 15 is 0 Å². The Kier molecular flexibility index (Phi) is 4.79. The van der Waals surface area contributed by atoms with Crippen molar-refractivity contribution in [2.75, 3.05) is 25.0 Å². The molecule has 0 unspecified atom stereocenters. The molecule has 1 N–H and O–H groups in total. The van der Waals surface area contributed by atoms with E-state index in [1.54, 1.807) is 0 Å². The van der Waals surface area contributed by atoms with Gasteiger partial charge >= 0.3 is 0 Å². The Labute approximate surface area is 124 Å². The van der Waals surface area contributed by atoms with Crippen LogP contribution in [0.3, 0.4) is 0 Å². The van der Waals surface area contributed by atoms with Gasteiger partial charge in [-0.05, 0) is 31.4 Å². The highest BCUT2D eigenvalue weighted by atomic mass is 32.2. The smallest absolute Gasteiger partial charge is 0.293 e. The Bertz CT molecular complexity index is 624. The van der Waals surface area contributed by atoms with E-state index < -0.39 is 14.9 Å². The molecular formula is C13H19N3O4S. The Hall–Kier alpha value is -1.67. The van der Waals surface area contributed by atoms with Crippen LogP contribution in [0, 0.1) is 10.1 Å². The zero-order valence-electron chi connectivity index (χ0n) is 11.9. The summed E-state index contributed by atoms with van der Waals surface area (Å²) in [5.41, 5.74) is 0.144. The molecule has 0 saturated carbocycles. The molecule has 2 rings (SSSR count). The van der Waals surface area contributed by atoms with Gasteiger partial charge in [-0.1, -0.05) is 6.92 Å². The molecule has 1 aromatic rings. The number of nitrogens with one attached hydrogen (secondary N) is 1. The monoisotopic (exact) mass is 313 g/mol. The minimum absolute atomic E-state index is 0.0156. The van der Waals surface area contributed by atoms with Crippen LogP contribution in [0.4, 0.5) is 11.4 Å². The van der Waals surface area contributed by atoms with Crippen molar-refractivity contribution in [3.8, 4) is 0 Å². The molecule has 1 heterocycles. The first-order chi connectivity index (χ1) is 9.96. The van der Waals surface area contributed by atoms with Gasteiger partial charge in [-0.25, -0.2) is 8.42 Å². The molecule has 8 heteroatoms. The molecular weight excluding hydrogens is 294 g/mol. The van der Waals surface area contributed by atoms with Crippen molar-refractivity contribution in [3.05, 3.63) is 28.3 Å². The quantitative estimate of drug-likeness (QED) is 0.642. The first-order valence-electron chi connectivity index (χ1n) is 6.99. The van der Waals surface area contributed by atoms with E-state index in [1.807, 2.05) is 6.92 Å². The second-order valence-electron chi connectivity index (χ2n) is 4.97. The highest BCUT2D eigenvalue weighted by Crippen LogP contribution is 2.30. The third kappa shape index (κ3) is 3.33. The molecule has 0 aliphatic carbocycles. The van der Waals surface area contributed by atoms with Crippen LogP contribution >= 0.6 is 0 Å². The molecule has 1 fully saturated rings. The summed E-state index contributed by atoms with van der Waals surface area (Å²) in [6, 6.07) is 4.04. The normalized spacial score (nSPS) is 16.0. The van der Waals surface area contributed by atoms with Crippen LogP contribution in [-0.4, -0.2) is 37.3 Å². The van der Waals surface area contributed by atoms with E-state index in [-0.39, 0.29) is 10.6 Å². The maximum Gasteiger partial charge on any atom is 0.293 e. The predicted octanol–water partition coefficient (Wildman–Crippen LogP) is 2.20. The van der Waals surface area contributed by atoms with Crippen LogP contribution in [0.5, 0.6) is 0 Å². The Morgan fingerprint density at radius 2 is 2.00 bits per heavy atom. The van der Waals surface area contributed by atoms with Crippen molar-refractivity contribution < 1.29 is 13.3 Å². The standard InChI is InChI=1S/C13H19N3O4S/c1-2-7-14-12-6-5-11(10-13(12)16(17)18)21(19,20)15-8-3-4-9-15/h5-6,10,14H,2-4,7-9H2,1H3. The minimum atomic E-state index is -3.63. The van der Waals surface area contributed by atoms with Gasteiger partial charge in [0.2, 0.25) is 10.0 Å². The molecule has 0 aromatic heterocycles. The summed E-state index contributed by atoms with van der Waals surface area (Å²) < 4.78 is 26.2. The van der Waals surface area contributed by atoms with Crippen molar-refractivity contribution in [1.29, 1.82) is 0 Å². The van der Waals surface area contributed by atoms with Gasteiger partial charge in [0.1, 0.15) is 5.69 Å². The summed E-state index contributed by atoms with van der Waals surface area (Å²) in [5.74, 6) is 0. The molecule has 1 saturated heterocycles. The van der Waals surface area contributed by atoms with E-state index in [0.717, 1.165) is 25.3 Å². The second kappa shape index (κ2) is 6.40. The van der Waals surface area contributed by atoms with Crippen LogP contribution in [0.15, 0.2) is 23.1 Å². The maximum absolute atomic E-state index is 12.4. The largest absolute Gasteiger partial charge is 0.380 e. The SMILES string of the molecule is CCCNc1ccc(S(=O)(=O)N2CCCC2)cc1[N+](=O)[O-]. The lowest BCUT2D eigenvalue weighted by Crippen LogP contribution is -2.27. The number of nitrogens with zero attached hydrogens (tertiary/aromatic N) is 2. The second-order valence-corrected chi connectivity index (χ2v) is 6.91. The van der Waals surface area contributed by atoms with E-state index in [4.69, 9.17) is 0 Å². The van der Waals surface area contributed by atoms with Gasteiger partial charge in [-0.2, -0.15) is 4.31 Å². The maximum atomic E-state index is 12.4. The lowest BCUT2D eigenvalue weighted by molar-refractivity contribution is -0.384. The molecule has 0 radical (unpaired) electrons. The number of nitro benzene ring substituents is 1. The predicted molar refractivity (Wildman–Crippen MR) is 79.9 cm³/mol. The number of hydrogen-bond donors (Lipinski definition) is 1. The first kappa shape index (κ1) is 15.7. The van der Waals surface area contributed by atoms with E-state index in [9.17, 15) is 18.5 Å². The highest BCUT2D eigenvalue weighted by Gasteiger charge is 2.29. The molecule has 1 aliphatic rings. The fourth-order valence-electron chi connectivity index (χ4n) is 2.31.